The molecule has 0 bridgehead atoms. The highest BCUT2D eigenvalue weighted by atomic mass is 32.1. The molecule has 0 aliphatic carbocycles. The Labute approximate surface area is 107 Å². The quantitative estimate of drug-likeness (QED) is 0.898. The van der Waals surface area contributed by atoms with E-state index in [1.807, 2.05) is 18.6 Å². The van der Waals surface area contributed by atoms with Crippen LogP contribution in [-0.2, 0) is 0 Å². The highest BCUT2D eigenvalue weighted by molar-refractivity contribution is 7.09. The molecule has 1 atom stereocenters. The van der Waals surface area contributed by atoms with Crippen LogP contribution in [0.25, 0.3) is 0 Å². The Balaban J connectivity index is 2.52. The molecule has 0 fully saturated rings. The Morgan fingerprint density at radius 3 is 2.29 bits per heavy atom. The first kappa shape index (κ1) is 12.3. The van der Waals surface area contributed by atoms with Gasteiger partial charge in [-0.15, -0.1) is 11.3 Å². The van der Waals surface area contributed by atoms with Gasteiger partial charge in [0.25, 0.3) is 0 Å². The molecule has 2 nitrogen and oxygen atoms in total. The van der Waals surface area contributed by atoms with Crippen LogP contribution in [0.1, 0.15) is 33.3 Å². The lowest BCUT2D eigenvalue weighted by Crippen LogP contribution is -2.19. The topological polar surface area (TPSA) is 24.9 Å². The minimum absolute atomic E-state index is 0.204. The van der Waals surface area contributed by atoms with Crippen LogP contribution in [0.2, 0.25) is 0 Å². The molecule has 0 radical (unpaired) electrons. The molecule has 2 aromatic rings. The van der Waals surface area contributed by atoms with Gasteiger partial charge in [-0.1, -0.05) is 17.7 Å². The molecule has 0 saturated carbocycles. The van der Waals surface area contributed by atoms with E-state index in [1.165, 1.54) is 22.3 Å². The Morgan fingerprint density at radius 1 is 1.18 bits per heavy atom. The summed E-state index contributed by atoms with van der Waals surface area (Å²) in [5.74, 6) is 0. The van der Waals surface area contributed by atoms with Crippen molar-refractivity contribution in [2.24, 2.45) is 0 Å². The van der Waals surface area contributed by atoms with Crippen LogP contribution in [0.5, 0.6) is 0 Å². The zero-order valence-corrected chi connectivity index (χ0v) is 11.6. The molecule has 0 aliphatic heterocycles. The van der Waals surface area contributed by atoms with Gasteiger partial charge in [-0.2, -0.15) is 0 Å². The first-order valence-electron chi connectivity index (χ1n) is 5.78. The SMILES string of the molecule is CNC(c1nccs1)c1c(C)cc(C)cc1C. The fourth-order valence-electron chi connectivity index (χ4n) is 2.41. The summed E-state index contributed by atoms with van der Waals surface area (Å²) in [6.45, 7) is 6.49. The first-order chi connectivity index (χ1) is 8.13. The molecule has 0 saturated heterocycles. The van der Waals surface area contributed by atoms with Crippen molar-refractivity contribution in [3.05, 3.63) is 51.0 Å². The van der Waals surface area contributed by atoms with Crippen LogP contribution in [-0.4, -0.2) is 12.0 Å². The molecule has 0 aliphatic rings. The lowest BCUT2D eigenvalue weighted by atomic mass is 9.94. The predicted octanol–water partition coefficient (Wildman–Crippen LogP) is 3.38. The molecule has 1 unspecified atom stereocenters. The van der Waals surface area contributed by atoms with E-state index in [0.717, 1.165) is 5.01 Å². The molecule has 0 amide bonds. The van der Waals surface area contributed by atoms with E-state index in [4.69, 9.17) is 0 Å². The summed E-state index contributed by atoms with van der Waals surface area (Å²) < 4.78 is 0. The van der Waals surface area contributed by atoms with Crippen molar-refractivity contribution in [2.75, 3.05) is 7.05 Å². The van der Waals surface area contributed by atoms with E-state index in [1.54, 1.807) is 11.3 Å². The summed E-state index contributed by atoms with van der Waals surface area (Å²) in [5, 5.41) is 6.52. The van der Waals surface area contributed by atoms with Crippen molar-refractivity contribution in [3.63, 3.8) is 0 Å². The molecule has 3 heteroatoms. The maximum atomic E-state index is 4.42. The van der Waals surface area contributed by atoms with Crippen molar-refractivity contribution in [1.29, 1.82) is 0 Å². The van der Waals surface area contributed by atoms with E-state index in [2.05, 4.69) is 43.2 Å². The molecule has 1 aromatic carbocycles. The van der Waals surface area contributed by atoms with Crippen molar-refractivity contribution in [1.82, 2.24) is 10.3 Å². The summed E-state index contributed by atoms with van der Waals surface area (Å²) in [7, 11) is 1.99. The number of thiazole rings is 1. The molecule has 0 spiro atoms. The Morgan fingerprint density at radius 2 is 1.82 bits per heavy atom. The molecular weight excluding hydrogens is 228 g/mol. The lowest BCUT2D eigenvalue weighted by Gasteiger charge is -2.19. The van der Waals surface area contributed by atoms with Crippen molar-refractivity contribution in [2.45, 2.75) is 26.8 Å². The van der Waals surface area contributed by atoms with Gasteiger partial charge >= 0.3 is 0 Å². The van der Waals surface area contributed by atoms with E-state index >= 15 is 0 Å². The molecule has 90 valence electrons. The summed E-state index contributed by atoms with van der Waals surface area (Å²) in [5.41, 5.74) is 5.33. The number of aromatic nitrogens is 1. The van der Waals surface area contributed by atoms with Gasteiger partial charge in [-0.05, 0) is 44.5 Å². The van der Waals surface area contributed by atoms with Crippen LogP contribution >= 0.6 is 11.3 Å². The number of nitrogens with zero attached hydrogens (tertiary/aromatic N) is 1. The van der Waals surface area contributed by atoms with Gasteiger partial charge in [-0.25, -0.2) is 4.98 Å². The number of hydrogen-bond acceptors (Lipinski definition) is 3. The third kappa shape index (κ3) is 2.40. The Bertz CT molecular complexity index is 480. The first-order valence-corrected chi connectivity index (χ1v) is 6.66. The molecule has 1 N–H and O–H groups in total. The fraction of sp³-hybridized carbons (Fsp3) is 0.357. The molecular formula is C14H18N2S. The summed E-state index contributed by atoms with van der Waals surface area (Å²) >= 11 is 1.70. The fourth-order valence-corrected chi connectivity index (χ4v) is 3.17. The van der Waals surface area contributed by atoms with Crippen LogP contribution in [0.4, 0.5) is 0 Å². The minimum Gasteiger partial charge on any atom is -0.307 e. The van der Waals surface area contributed by atoms with Gasteiger partial charge < -0.3 is 5.32 Å². The maximum Gasteiger partial charge on any atom is 0.114 e. The third-order valence-electron chi connectivity index (χ3n) is 3.01. The second-order valence-electron chi connectivity index (χ2n) is 4.40. The van der Waals surface area contributed by atoms with Crippen molar-refractivity contribution < 1.29 is 0 Å². The summed E-state index contributed by atoms with van der Waals surface area (Å²) in [4.78, 5) is 4.42. The minimum atomic E-state index is 0.204. The van der Waals surface area contributed by atoms with Gasteiger partial charge in [0.1, 0.15) is 5.01 Å². The highest BCUT2D eigenvalue weighted by Crippen LogP contribution is 2.29. The monoisotopic (exact) mass is 246 g/mol. The Kier molecular flexibility index (Phi) is 3.60. The number of rotatable bonds is 3. The van der Waals surface area contributed by atoms with Gasteiger partial charge in [0.05, 0.1) is 6.04 Å². The average molecular weight is 246 g/mol. The molecule has 1 heterocycles. The van der Waals surface area contributed by atoms with E-state index in [-0.39, 0.29) is 6.04 Å². The number of nitrogens with one attached hydrogen (secondary N) is 1. The second kappa shape index (κ2) is 4.98. The third-order valence-corrected chi connectivity index (χ3v) is 3.85. The van der Waals surface area contributed by atoms with Crippen LogP contribution in [0, 0.1) is 20.8 Å². The Hall–Kier alpha value is -1.19. The van der Waals surface area contributed by atoms with Gasteiger partial charge in [0.15, 0.2) is 0 Å². The largest absolute Gasteiger partial charge is 0.307 e. The second-order valence-corrected chi connectivity index (χ2v) is 5.33. The van der Waals surface area contributed by atoms with E-state index in [0.29, 0.717) is 0 Å². The molecule has 1 aromatic heterocycles. The van der Waals surface area contributed by atoms with Gasteiger partial charge in [0, 0.05) is 11.6 Å². The van der Waals surface area contributed by atoms with Crippen LogP contribution < -0.4 is 5.32 Å². The van der Waals surface area contributed by atoms with E-state index in [9.17, 15) is 0 Å². The maximum absolute atomic E-state index is 4.42. The average Bonchev–Trinajstić information content (AvgIpc) is 2.76. The van der Waals surface area contributed by atoms with Gasteiger partial charge in [0.2, 0.25) is 0 Å². The smallest absolute Gasteiger partial charge is 0.114 e. The zero-order valence-electron chi connectivity index (χ0n) is 10.7. The summed E-state index contributed by atoms with van der Waals surface area (Å²) in [6.07, 6.45) is 1.86. The number of benzene rings is 1. The number of aryl methyl sites for hydroxylation is 3. The molecule has 2 rings (SSSR count). The van der Waals surface area contributed by atoms with Crippen molar-refractivity contribution >= 4 is 11.3 Å². The molecule has 17 heavy (non-hydrogen) atoms. The predicted molar refractivity (Wildman–Crippen MR) is 73.7 cm³/mol. The lowest BCUT2D eigenvalue weighted by molar-refractivity contribution is 0.678. The van der Waals surface area contributed by atoms with Crippen molar-refractivity contribution in [3.8, 4) is 0 Å². The number of hydrogen-bond donors (Lipinski definition) is 1. The normalized spacial score (nSPS) is 12.7. The highest BCUT2D eigenvalue weighted by Gasteiger charge is 2.18. The van der Waals surface area contributed by atoms with E-state index < -0.39 is 0 Å². The standard InChI is InChI=1S/C14H18N2S/c1-9-7-10(2)12(11(3)8-9)13(15-4)14-16-5-6-17-14/h5-8,13,15H,1-4H3. The summed E-state index contributed by atoms with van der Waals surface area (Å²) in [6, 6.07) is 4.68. The van der Waals surface area contributed by atoms with Crippen LogP contribution in [0.15, 0.2) is 23.7 Å². The zero-order chi connectivity index (χ0) is 12.4. The van der Waals surface area contributed by atoms with Crippen LogP contribution in [0.3, 0.4) is 0 Å². The van der Waals surface area contributed by atoms with Gasteiger partial charge in [-0.3, -0.25) is 0 Å².